The standard InChI is InChI=1S/C13H14BN2O7/c1-16-5-9(4-15-16)21-6-8-2-3-10-12(11(8)13(17)18)23-14(19,20)7-22-10/h2-5,19-20H,6-7H2,1H3,(H,17,18)/q-1. The third-order valence-corrected chi connectivity index (χ3v) is 3.26. The summed E-state index contributed by atoms with van der Waals surface area (Å²) < 4.78 is 17.2. The molecule has 2 heterocycles. The molecule has 0 unspecified atom stereocenters. The number of aryl methyl sites for hydroxylation is 1. The number of aromatic nitrogens is 2. The van der Waals surface area contributed by atoms with Crippen LogP contribution in [0.2, 0.25) is 0 Å². The van der Waals surface area contributed by atoms with Crippen molar-refractivity contribution < 1.29 is 34.1 Å². The lowest BCUT2D eigenvalue weighted by molar-refractivity contribution is 0.0687. The van der Waals surface area contributed by atoms with Gasteiger partial charge in [-0.05, 0) is 6.07 Å². The summed E-state index contributed by atoms with van der Waals surface area (Å²) in [5.74, 6) is -0.903. The minimum Gasteiger partial charge on any atom is -0.665 e. The van der Waals surface area contributed by atoms with Gasteiger partial charge in [0.2, 0.25) is 0 Å². The van der Waals surface area contributed by atoms with Crippen LogP contribution in [0.15, 0.2) is 24.5 Å². The summed E-state index contributed by atoms with van der Waals surface area (Å²) in [5.41, 5.74) is 0.0673. The Morgan fingerprint density at radius 3 is 2.91 bits per heavy atom. The van der Waals surface area contributed by atoms with E-state index < -0.39 is 19.2 Å². The molecular weight excluding hydrogens is 307 g/mol. The molecule has 0 aliphatic carbocycles. The summed E-state index contributed by atoms with van der Waals surface area (Å²) in [6, 6.07) is 3.02. The second kappa shape index (κ2) is 5.49. The SMILES string of the molecule is Cn1cc(OCc2ccc3c(c2C(=O)O)O[B-](O)(O)CO3)cn1. The fourth-order valence-electron chi connectivity index (χ4n) is 2.25. The van der Waals surface area contributed by atoms with Crippen LogP contribution in [0, 0.1) is 0 Å². The van der Waals surface area contributed by atoms with Crippen LogP contribution in [0.25, 0.3) is 0 Å². The second-order valence-corrected chi connectivity index (χ2v) is 5.16. The van der Waals surface area contributed by atoms with Crippen LogP contribution in [0.3, 0.4) is 0 Å². The quantitative estimate of drug-likeness (QED) is 0.669. The van der Waals surface area contributed by atoms with Crippen molar-refractivity contribution in [1.82, 2.24) is 9.78 Å². The van der Waals surface area contributed by atoms with Gasteiger partial charge in [-0.1, -0.05) is 6.07 Å². The maximum Gasteiger partial charge on any atom is 0.467 e. The molecule has 0 radical (unpaired) electrons. The number of ether oxygens (including phenoxy) is 2. The van der Waals surface area contributed by atoms with Crippen LogP contribution >= 0.6 is 0 Å². The van der Waals surface area contributed by atoms with E-state index in [0.717, 1.165) is 0 Å². The number of nitrogens with zero attached hydrogens (tertiary/aromatic N) is 2. The van der Waals surface area contributed by atoms with E-state index >= 15 is 0 Å². The molecule has 0 fully saturated rings. The Kier molecular flexibility index (Phi) is 3.62. The van der Waals surface area contributed by atoms with Gasteiger partial charge in [0.05, 0.1) is 18.9 Å². The molecule has 122 valence electrons. The molecule has 0 spiro atoms. The minimum absolute atomic E-state index is 0.0547. The topological polar surface area (TPSA) is 123 Å². The fourth-order valence-corrected chi connectivity index (χ4v) is 2.25. The lowest BCUT2D eigenvalue weighted by atomic mass is 9.80. The van der Waals surface area contributed by atoms with Gasteiger partial charge in [0.25, 0.3) is 0 Å². The van der Waals surface area contributed by atoms with E-state index in [9.17, 15) is 19.9 Å². The van der Waals surface area contributed by atoms with Crippen molar-refractivity contribution in [3.05, 3.63) is 35.7 Å². The van der Waals surface area contributed by atoms with E-state index in [4.69, 9.17) is 14.1 Å². The maximum atomic E-state index is 11.6. The predicted molar refractivity (Wildman–Crippen MR) is 77.3 cm³/mol. The van der Waals surface area contributed by atoms with Gasteiger partial charge in [-0.25, -0.2) is 4.79 Å². The zero-order valence-corrected chi connectivity index (χ0v) is 12.2. The fraction of sp³-hybridized carbons (Fsp3) is 0.231. The average Bonchev–Trinajstić information content (AvgIpc) is 2.88. The number of carbonyl (C=O) groups is 1. The number of rotatable bonds is 4. The number of hydrogen-bond acceptors (Lipinski definition) is 7. The summed E-state index contributed by atoms with van der Waals surface area (Å²) >= 11 is 0. The molecule has 0 saturated carbocycles. The molecule has 0 amide bonds. The van der Waals surface area contributed by atoms with Gasteiger partial charge < -0.3 is 29.3 Å². The molecule has 2 aromatic rings. The van der Waals surface area contributed by atoms with Gasteiger partial charge in [-0.15, -0.1) is 0 Å². The molecule has 0 bridgehead atoms. The van der Waals surface area contributed by atoms with Crippen LogP contribution in [0.1, 0.15) is 15.9 Å². The number of carboxylic acids is 1. The largest absolute Gasteiger partial charge is 0.665 e. The monoisotopic (exact) mass is 321 g/mol. The summed E-state index contributed by atoms with van der Waals surface area (Å²) in [5, 5.41) is 32.5. The Morgan fingerprint density at radius 1 is 1.48 bits per heavy atom. The smallest absolute Gasteiger partial charge is 0.467 e. The predicted octanol–water partition coefficient (Wildman–Crippen LogP) is -0.0688. The second-order valence-electron chi connectivity index (χ2n) is 5.16. The highest BCUT2D eigenvalue weighted by Gasteiger charge is 2.34. The highest BCUT2D eigenvalue weighted by atomic mass is 16.7. The Bertz CT molecular complexity index is 759. The molecule has 23 heavy (non-hydrogen) atoms. The Balaban J connectivity index is 1.92. The lowest BCUT2D eigenvalue weighted by Gasteiger charge is -2.37. The Morgan fingerprint density at radius 2 is 2.26 bits per heavy atom. The van der Waals surface area contributed by atoms with Crippen molar-refractivity contribution >= 4 is 12.7 Å². The van der Waals surface area contributed by atoms with Crippen molar-refractivity contribution in [1.29, 1.82) is 0 Å². The summed E-state index contributed by atoms with van der Waals surface area (Å²) in [4.78, 5) is 11.6. The van der Waals surface area contributed by atoms with Gasteiger partial charge in [0.15, 0.2) is 11.5 Å². The minimum atomic E-state index is -3.25. The normalized spacial score (nSPS) is 15.3. The van der Waals surface area contributed by atoms with E-state index in [0.29, 0.717) is 11.3 Å². The third-order valence-electron chi connectivity index (χ3n) is 3.26. The number of aromatic carboxylic acids is 1. The van der Waals surface area contributed by atoms with Gasteiger partial charge in [0, 0.05) is 12.6 Å². The molecule has 0 atom stereocenters. The number of benzene rings is 1. The molecule has 1 aromatic heterocycles. The Hall–Kier alpha value is -2.72. The van der Waals surface area contributed by atoms with E-state index in [-0.39, 0.29) is 23.7 Å². The molecule has 1 aliphatic heterocycles. The van der Waals surface area contributed by atoms with Crippen molar-refractivity contribution in [3.63, 3.8) is 0 Å². The zero-order valence-electron chi connectivity index (χ0n) is 12.2. The third kappa shape index (κ3) is 3.08. The van der Waals surface area contributed by atoms with E-state index in [2.05, 4.69) is 5.10 Å². The van der Waals surface area contributed by atoms with Crippen LogP contribution in [0.4, 0.5) is 0 Å². The van der Waals surface area contributed by atoms with Crippen LogP contribution in [-0.2, 0) is 13.7 Å². The molecule has 1 aromatic carbocycles. The molecule has 3 N–H and O–H groups in total. The van der Waals surface area contributed by atoms with Gasteiger partial charge >= 0.3 is 12.7 Å². The molecular formula is C13H14BN2O7-. The molecule has 0 saturated heterocycles. The first-order chi connectivity index (χ1) is 10.9. The van der Waals surface area contributed by atoms with Gasteiger partial charge in [-0.3, -0.25) is 4.68 Å². The van der Waals surface area contributed by atoms with Gasteiger partial charge in [0.1, 0.15) is 17.9 Å². The van der Waals surface area contributed by atoms with Crippen molar-refractivity contribution in [2.45, 2.75) is 6.61 Å². The van der Waals surface area contributed by atoms with E-state index in [1.165, 1.54) is 18.3 Å². The first-order valence-corrected chi connectivity index (χ1v) is 6.78. The van der Waals surface area contributed by atoms with Crippen LogP contribution in [0.5, 0.6) is 17.2 Å². The number of fused-ring (bicyclic) bond motifs is 1. The number of hydrogen-bond donors (Lipinski definition) is 3. The van der Waals surface area contributed by atoms with Crippen LogP contribution < -0.4 is 14.1 Å². The molecule has 10 heteroatoms. The van der Waals surface area contributed by atoms with Crippen LogP contribution in [-0.4, -0.2) is 44.2 Å². The summed E-state index contributed by atoms with van der Waals surface area (Å²) in [6.07, 6.45) is 3.13. The lowest BCUT2D eigenvalue weighted by Crippen LogP contribution is -2.51. The summed E-state index contributed by atoms with van der Waals surface area (Å²) in [7, 11) is 1.73. The first-order valence-electron chi connectivity index (χ1n) is 6.78. The maximum absolute atomic E-state index is 11.6. The Labute approximate surface area is 130 Å². The highest BCUT2D eigenvalue weighted by Crippen LogP contribution is 2.38. The average molecular weight is 321 g/mol. The number of carboxylic acid groups (broad SMARTS) is 1. The summed E-state index contributed by atoms with van der Waals surface area (Å²) in [6.45, 7) is -3.77. The van der Waals surface area contributed by atoms with Crippen molar-refractivity contribution in [2.75, 3.05) is 6.51 Å². The van der Waals surface area contributed by atoms with E-state index in [1.807, 2.05) is 0 Å². The first kappa shape index (κ1) is 15.2. The van der Waals surface area contributed by atoms with Gasteiger partial charge in [-0.2, -0.15) is 5.10 Å². The van der Waals surface area contributed by atoms with Crippen molar-refractivity contribution in [2.24, 2.45) is 7.05 Å². The highest BCUT2D eigenvalue weighted by molar-refractivity contribution is 6.58. The molecule has 3 rings (SSSR count). The molecule has 9 nitrogen and oxygen atoms in total. The zero-order chi connectivity index (χ0) is 16.6. The van der Waals surface area contributed by atoms with E-state index in [1.54, 1.807) is 17.9 Å². The van der Waals surface area contributed by atoms with Crippen molar-refractivity contribution in [3.8, 4) is 17.2 Å². The molecule has 1 aliphatic rings.